The van der Waals surface area contributed by atoms with Gasteiger partial charge in [0, 0.05) is 35.0 Å². The smallest absolute Gasteiger partial charge is 0.263 e. The number of pyridine rings is 1. The molecule has 0 saturated carbocycles. The molecule has 5 rings (SSSR count). The fraction of sp³-hybridized carbons (Fsp3) is 0.452. The normalized spacial score (nSPS) is 15.2. The number of benzene rings is 1. The highest BCUT2D eigenvalue weighted by Gasteiger charge is 2.27. The second kappa shape index (κ2) is 13.1. The minimum absolute atomic E-state index is 0.00177. The van der Waals surface area contributed by atoms with Crippen molar-refractivity contribution in [2.24, 2.45) is 5.92 Å². The van der Waals surface area contributed by atoms with Crippen LogP contribution in [0.2, 0.25) is 0 Å². The van der Waals surface area contributed by atoms with Crippen LogP contribution in [0.15, 0.2) is 47.3 Å². The molecule has 1 amide bonds. The molecule has 4 aromatic rings. The Hall–Kier alpha value is -4.05. The quantitative estimate of drug-likeness (QED) is 0.178. The lowest BCUT2D eigenvalue weighted by atomic mass is 9.95. The Labute approximate surface area is 239 Å². The van der Waals surface area contributed by atoms with E-state index in [0.29, 0.717) is 24.4 Å². The molecule has 0 aliphatic carbocycles. The van der Waals surface area contributed by atoms with Gasteiger partial charge in [-0.25, -0.2) is 9.97 Å². The van der Waals surface area contributed by atoms with Gasteiger partial charge in [0.15, 0.2) is 0 Å². The molecule has 10 nitrogen and oxygen atoms in total. The lowest BCUT2D eigenvalue weighted by Crippen LogP contribution is -2.40. The van der Waals surface area contributed by atoms with E-state index in [2.05, 4.69) is 44.3 Å². The summed E-state index contributed by atoms with van der Waals surface area (Å²) in [5.74, 6) is 1.55. The maximum atomic E-state index is 13.3. The predicted molar refractivity (Wildman–Crippen MR) is 156 cm³/mol. The highest BCUT2D eigenvalue weighted by Crippen LogP contribution is 2.34. The van der Waals surface area contributed by atoms with Crippen LogP contribution in [-0.2, 0) is 4.79 Å². The second-order valence-corrected chi connectivity index (χ2v) is 10.9. The van der Waals surface area contributed by atoms with E-state index in [1.165, 1.54) is 12.5 Å². The van der Waals surface area contributed by atoms with E-state index in [0.717, 1.165) is 73.0 Å². The number of aromatic amines is 1. The van der Waals surface area contributed by atoms with E-state index in [9.17, 15) is 9.59 Å². The number of rotatable bonds is 12. The standard InChI is InChI=1S/C31H38N6O4/c1-20-9-10-22-17-23(28(40-3)18-25(22)34-20)26-19-33-29(35-26)24(36-30(39)21-11-14-37(2)15-12-21)7-5-4-6-8-27(38)31-32-13-16-41-31/h9-10,13,16-19,21,24H,4-8,11-12,14-15H2,1-3H3,(H,33,35)(H,36,39). The van der Waals surface area contributed by atoms with Crippen LogP contribution in [0.25, 0.3) is 22.2 Å². The first kappa shape index (κ1) is 28.5. The van der Waals surface area contributed by atoms with Crippen molar-refractivity contribution >= 4 is 22.6 Å². The third-order valence-electron chi connectivity index (χ3n) is 7.84. The highest BCUT2D eigenvalue weighted by atomic mass is 16.5. The summed E-state index contributed by atoms with van der Waals surface area (Å²) in [6.45, 7) is 3.81. The van der Waals surface area contributed by atoms with Crippen molar-refractivity contribution in [2.75, 3.05) is 27.2 Å². The molecule has 0 spiro atoms. The Morgan fingerprint density at radius 1 is 1.17 bits per heavy atom. The summed E-state index contributed by atoms with van der Waals surface area (Å²) in [5, 5.41) is 4.29. The number of imidazole rings is 1. The second-order valence-electron chi connectivity index (χ2n) is 10.9. The summed E-state index contributed by atoms with van der Waals surface area (Å²) < 4.78 is 10.8. The number of likely N-dealkylation sites (tertiary alicyclic amines) is 1. The molecule has 1 saturated heterocycles. The molecule has 10 heteroatoms. The van der Waals surface area contributed by atoms with E-state index < -0.39 is 0 Å². The number of carbonyl (C=O) groups excluding carboxylic acids is 2. The van der Waals surface area contributed by atoms with Crippen molar-refractivity contribution in [1.82, 2.24) is 30.2 Å². The molecule has 0 bridgehead atoms. The average molecular weight is 559 g/mol. The summed E-state index contributed by atoms with van der Waals surface area (Å²) in [7, 11) is 3.74. The lowest BCUT2D eigenvalue weighted by molar-refractivity contribution is -0.127. The molecule has 3 aromatic heterocycles. The Morgan fingerprint density at radius 2 is 2.00 bits per heavy atom. The first-order valence-electron chi connectivity index (χ1n) is 14.3. The number of hydrogen-bond donors (Lipinski definition) is 2. The summed E-state index contributed by atoms with van der Waals surface area (Å²) >= 11 is 0. The summed E-state index contributed by atoms with van der Waals surface area (Å²) in [6.07, 6.45) is 9.87. The number of amides is 1. The molecular weight excluding hydrogens is 520 g/mol. The number of Topliss-reactive ketones (excluding diaryl/α,β-unsaturated/α-hetero) is 1. The van der Waals surface area contributed by atoms with Gasteiger partial charge in [-0.05, 0) is 64.9 Å². The van der Waals surface area contributed by atoms with Crippen molar-refractivity contribution in [3.8, 4) is 17.0 Å². The van der Waals surface area contributed by atoms with Crippen LogP contribution in [0.4, 0.5) is 0 Å². The number of nitrogens with one attached hydrogen (secondary N) is 2. The molecule has 1 aliphatic heterocycles. The number of piperidine rings is 1. The van der Waals surface area contributed by atoms with Gasteiger partial charge in [-0.15, -0.1) is 0 Å². The number of aryl methyl sites for hydroxylation is 1. The molecule has 1 unspecified atom stereocenters. The van der Waals surface area contributed by atoms with Gasteiger partial charge in [-0.3, -0.25) is 14.6 Å². The van der Waals surface area contributed by atoms with Crippen molar-refractivity contribution in [3.05, 3.63) is 60.3 Å². The molecule has 1 aromatic carbocycles. The third kappa shape index (κ3) is 7.00. The molecule has 41 heavy (non-hydrogen) atoms. The Kier molecular flexibility index (Phi) is 9.08. The SMILES string of the molecule is COc1cc2nc(C)ccc2cc1-c1cnc(C(CCCCCC(=O)c2ncco2)NC(=O)C2CCN(C)CC2)[nH]1. The number of methoxy groups -OCH3 is 1. The largest absolute Gasteiger partial charge is 0.496 e. The Balaban J connectivity index is 1.30. The van der Waals surface area contributed by atoms with Crippen molar-refractivity contribution in [3.63, 3.8) is 0 Å². The summed E-state index contributed by atoms with van der Waals surface area (Å²) in [6, 6.07) is 7.76. The lowest BCUT2D eigenvalue weighted by Gasteiger charge is -2.29. The number of unbranched alkanes of at least 4 members (excludes halogenated alkanes) is 2. The van der Waals surface area contributed by atoms with E-state index in [1.807, 2.05) is 19.1 Å². The molecule has 2 N–H and O–H groups in total. The van der Waals surface area contributed by atoms with Crippen LogP contribution in [0.5, 0.6) is 5.75 Å². The van der Waals surface area contributed by atoms with Crippen LogP contribution in [-0.4, -0.2) is 63.8 Å². The number of ketones is 1. The minimum Gasteiger partial charge on any atom is -0.496 e. The van der Waals surface area contributed by atoms with Gasteiger partial charge in [-0.1, -0.05) is 18.9 Å². The minimum atomic E-state index is -0.269. The molecule has 0 radical (unpaired) electrons. The van der Waals surface area contributed by atoms with Gasteiger partial charge >= 0.3 is 0 Å². The maximum Gasteiger partial charge on any atom is 0.263 e. The van der Waals surface area contributed by atoms with Gasteiger partial charge in [0.2, 0.25) is 11.7 Å². The number of H-pyrrole nitrogens is 1. The number of oxazole rings is 1. The highest BCUT2D eigenvalue weighted by molar-refractivity contribution is 5.91. The monoisotopic (exact) mass is 558 g/mol. The molecule has 216 valence electrons. The number of aromatic nitrogens is 4. The number of carbonyl (C=O) groups is 2. The van der Waals surface area contributed by atoms with E-state index in [-0.39, 0.29) is 29.5 Å². The van der Waals surface area contributed by atoms with Crippen LogP contribution >= 0.6 is 0 Å². The van der Waals surface area contributed by atoms with E-state index >= 15 is 0 Å². The number of nitrogens with zero attached hydrogens (tertiary/aromatic N) is 4. The van der Waals surface area contributed by atoms with Gasteiger partial charge in [0.05, 0.1) is 36.8 Å². The van der Waals surface area contributed by atoms with Crippen molar-refractivity contribution in [2.45, 2.75) is 57.9 Å². The van der Waals surface area contributed by atoms with Crippen molar-refractivity contribution in [1.29, 1.82) is 0 Å². The average Bonchev–Trinajstić information content (AvgIpc) is 3.69. The van der Waals surface area contributed by atoms with Crippen LogP contribution in [0, 0.1) is 12.8 Å². The molecule has 1 atom stereocenters. The van der Waals surface area contributed by atoms with Crippen LogP contribution < -0.4 is 10.1 Å². The van der Waals surface area contributed by atoms with Crippen molar-refractivity contribution < 1.29 is 18.7 Å². The first-order chi connectivity index (χ1) is 19.9. The van der Waals surface area contributed by atoms with Crippen LogP contribution in [0.3, 0.4) is 0 Å². The topological polar surface area (TPSA) is 126 Å². The van der Waals surface area contributed by atoms with Gasteiger partial charge < -0.3 is 24.4 Å². The summed E-state index contributed by atoms with van der Waals surface area (Å²) in [5.41, 5.74) is 3.51. The molecule has 1 fully saturated rings. The van der Waals surface area contributed by atoms with Gasteiger partial charge in [0.25, 0.3) is 5.89 Å². The molecule has 1 aliphatic rings. The number of ether oxygens (including phenoxy) is 1. The third-order valence-corrected chi connectivity index (χ3v) is 7.84. The Bertz CT molecular complexity index is 1470. The zero-order valence-corrected chi connectivity index (χ0v) is 24.0. The maximum absolute atomic E-state index is 13.3. The van der Waals surface area contributed by atoms with Gasteiger partial charge in [0.1, 0.15) is 17.8 Å². The van der Waals surface area contributed by atoms with Gasteiger partial charge in [-0.2, -0.15) is 0 Å². The number of fused-ring (bicyclic) bond motifs is 1. The molecular formula is C31H38N6O4. The number of hydrogen-bond acceptors (Lipinski definition) is 8. The first-order valence-corrected chi connectivity index (χ1v) is 14.3. The zero-order valence-electron chi connectivity index (χ0n) is 24.0. The fourth-order valence-electron chi connectivity index (χ4n) is 5.40. The fourth-order valence-corrected chi connectivity index (χ4v) is 5.40. The van der Waals surface area contributed by atoms with E-state index in [4.69, 9.17) is 14.1 Å². The zero-order chi connectivity index (χ0) is 28.8. The summed E-state index contributed by atoms with van der Waals surface area (Å²) in [4.78, 5) is 44.5. The van der Waals surface area contributed by atoms with Crippen LogP contribution in [0.1, 0.15) is 73.2 Å². The predicted octanol–water partition coefficient (Wildman–Crippen LogP) is 5.26. The Morgan fingerprint density at radius 3 is 2.76 bits per heavy atom. The van der Waals surface area contributed by atoms with E-state index in [1.54, 1.807) is 13.3 Å². The molecule has 4 heterocycles.